The number of hydrogen-bond donors (Lipinski definition) is 5. The fourth-order valence-electron chi connectivity index (χ4n) is 1.44. The zero-order chi connectivity index (χ0) is 15.3. The molecule has 2 unspecified atom stereocenters. The SMILES string of the molecule is CP(=O)(O)OCNC(Cc1ccc(O)c(O)c1)C(=O)O. The Morgan fingerprint density at radius 2 is 2.05 bits per heavy atom. The van der Waals surface area contributed by atoms with E-state index in [1.165, 1.54) is 18.2 Å². The van der Waals surface area contributed by atoms with Crippen LogP contribution in [-0.2, 0) is 20.3 Å². The molecule has 0 bridgehead atoms. The van der Waals surface area contributed by atoms with E-state index in [4.69, 9.17) is 15.1 Å². The van der Waals surface area contributed by atoms with Crippen LogP contribution in [0.2, 0.25) is 0 Å². The molecule has 0 radical (unpaired) electrons. The average molecular weight is 305 g/mol. The molecule has 5 N–H and O–H groups in total. The predicted octanol–water partition coefficient (Wildman–Crippen LogP) is 0.472. The smallest absolute Gasteiger partial charge is 0.326 e. The third-order valence-corrected chi connectivity index (χ3v) is 3.02. The molecule has 0 aromatic heterocycles. The number of aliphatic carboxylic acids is 1. The second kappa shape index (κ2) is 6.71. The fraction of sp³-hybridized carbons (Fsp3) is 0.364. The van der Waals surface area contributed by atoms with Gasteiger partial charge in [-0.05, 0) is 24.1 Å². The Hall–Kier alpha value is -1.60. The number of carbonyl (C=O) groups is 1. The lowest BCUT2D eigenvalue weighted by atomic mass is 10.1. The normalized spacial score (nSPS) is 15.5. The van der Waals surface area contributed by atoms with E-state index >= 15 is 0 Å². The number of carboxylic acids is 1. The summed E-state index contributed by atoms with van der Waals surface area (Å²) in [4.78, 5) is 20.0. The Morgan fingerprint density at radius 1 is 1.40 bits per heavy atom. The summed E-state index contributed by atoms with van der Waals surface area (Å²) in [5.41, 5.74) is 0.476. The molecule has 1 aromatic rings. The molecular weight excluding hydrogens is 289 g/mol. The van der Waals surface area contributed by atoms with Crippen LogP contribution in [0, 0.1) is 0 Å². The van der Waals surface area contributed by atoms with E-state index in [-0.39, 0.29) is 17.9 Å². The number of nitrogens with one attached hydrogen (secondary N) is 1. The zero-order valence-electron chi connectivity index (χ0n) is 10.7. The minimum atomic E-state index is -3.68. The van der Waals surface area contributed by atoms with Gasteiger partial charge in [-0.25, -0.2) is 0 Å². The third-order valence-electron chi connectivity index (χ3n) is 2.41. The third kappa shape index (κ3) is 5.58. The molecule has 8 nitrogen and oxygen atoms in total. The lowest BCUT2D eigenvalue weighted by molar-refractivity contribution is -0.139. The first-order chi connectivity index (χ1) is 9.19. The van der Waals surface area contributed by atoms with E-state index in [9.17, 15) is 14.5 Å². The molecule has 0 fully saturated rings. The molecule has 2 atom stereocenters. The number of hydrogen-bond acceptors (Lipinski definition) is 6. The Kier molecular flexibility index (Phi) is 5.52. The van der Waals surface area contributed by atoms with Gasteiger partial charge in [-0.2, -0.15) is 0 Å². The first-order valence-corrected chi connectivity index (χ1v) is 7.63. The van der Waals surface area contributed by atoms with Crippen molar-refractivity contribution in [3.63, 3.8) is 0 Å². The highest BCUT2D eigenvalue weighted by Crippen LogP contribution is 2.35. The molecule has 9 heteroatoms. The molecule has 0 aliphatic carbocycles. The molecule has 1 rings (SSSR count). The molecule has 0 aliphatic heterocycles. The van der Waals surface area contributed by atoms with Crippen LogP contribution < -0.4 is 5.32 Å². The Bertz CT molecular complexity index is 528. The van der Waals surface area contributed by atoms with Crippen molar-refractivity contribution in [2.75, 3.05) is 13.4 Å². The Balaban J connectivity index is 2.65. The number of carboxylic acid groups (broad SMARTS) is 1. The molecule has 112 valence electrons. The quantitative estimate of drug-likeness (QED) is 0.278. The first kappa shape index (κ1) is 16.5. The summed E-state index contributed by atoms with van der Waals surface area (Å²) in [6.07, 6.45) is 0.00593. The van der Waals surface area contributed by atoms with Gasteiger partial charge in [-0.1, -0.05) is 6.07 Å². The molecule has 0 aliphatic rings. The van der Waals surface area contributed by atoms with E-state index in [1.807, 2.05) is 0 Å². The monoisotopic (exact) mass is 305 g/mol. The molecule has 0 saturated carbocycles. The molecule has 0 spiro atoms. The van der Waals surface area contributed by atoms with Crippen molar-refractivity contribution in [2.45, 2.75) is 12.5 Å². The van der Waals surface area contributed by atoms with Crippen molar-refractivity contribution in [3.05, 3.63) is 23.8 Å². The van der Waals surface area contributed by atoms with Crippen molar-refractivity contribution in [1.82, 2.24) is 5.32 Å². The van der Waals surface area contributed by atoms with Crippen LogP contribution in [0.3, 0.4) is 0 Å². The zero-order valence-corrected chi connectivity index (χ0v) is 11.6. The van der Waals surface area contributed by atoms with Gasteiger partial charge in [0.1, 0.15) is 12.8 Å². The van der Waals surface area contributed by atoms with Crippen molar-refractivity contribution in [3.8, 4) is 11.5 Å². The van der Waals surface area contributed by atoms with Gasteiger partial charge >= 0.3 is 13.6 Å². The number of aromatic hydroxyl groups is 2. The van der Waals surface area contributed by atoms with Crippen molar-refractivity contribution >= 4 is 13.6 Å². The summed E-state index contributed by atoms with van der Waals surface area (Å²) in [6, 6.07) is 2.88. The van der Waals surface area contributed by atoms with Crippen LogP contribution in [0.4, 0.5) is 0 Å². The van der Waals surface area contributed by atoms with Crippen LogP contribution in [-0.4, -0.2) is 45.6 Å². The lowest BCUT2D eigenvalue weighted by Crippen LogP contribution is -2.39. The fourth-order valence-corrected chi connectivity index (χ4v) is 1.75. The largest absolute Gasteiger partial charge is 0.504 e. The molecule has 0 amide bonds. The van der Waals surface area contributed by atoms with E-state index in [2.05, 4.69) is 9.84 Å². The Labute approximate surface area is 115 Å². The van der Waals surface area contributed by atoms with Gasteiger partial charge in [-0.3, -0.25) is 19.2 Å². The maximum Gasteiger partial charge on any atom is 0.326 e. The standard InChI is InChI=1S/C11H16NO7P/c1-20(17,18)19-6-12-8(11(15)16)4-7-2-3-9(13)10(14)5-7/h2-3,5,8,12-14H,4,6H2,1H3,(H,15,16)(H,17,18). The molecule has 0 heterocycles. The van der Waals surface area contributed by atoms with Crippen LogP contribution >= 0.6 is 7.60 Å². The predicted molar refractivity (Wildman–Crippen MR) is 69.7 cm³/mol. The van der Waals surface area contributed by atoms with Gasteiger partial charge in [0.05, 0.1) is 0 Å². The second-order valence-corrected chi connectivity index (χ2v) is 6.06. The first-order valence-electron chi connectivity index (χ1n) is 5.61. The summed E-state index contributed by atoms with van der Waals surface area (Å²) in [5.74, 6) is -1.83. The highest BCUT2D eigenvalue weighted by atomic mass is 31.2. The van der Waals surface area contributed by atoms with E-state index < -0.39 is 26.3 Å². The lowest BCUT2D eigenvalue weighted by Gasteiger charge is -2.15. The van der Waals surface area contributed by atoms with Crippen molar-refractivity contribution in [2.24, 2.45) is 0 Å². The van der Waals surface area contributed by atoms with Gasteiger partial charge < -0.3 is 20.2 Å². The maximum absolute atomic E-state index is 11.0. The Morgan fingerprint density at radius 3 is 2.55 bits per heavy atom. The van der Waals surface area contributed by atoms with Crippen molar-refractivity contribution in [1.29, 1.82) is 0 Å². The number of phenols is 2. The highest BCUT2D eigenvalue weighted by Gasteiger charge is 2.19. The summed E-state index contributed by atoms with van der Waals surface area (Å²) < 4.78 is 15.4. The van der Waals surface area contributed by atoms with Crippen molar-refractivity contribution < 1.29 is 34.1 Å². The van der Waals surface area contributed by atoms with Gasteiger partial charge in [0.15, 0.2) is 11.5 Å². The van der Waals surface area contributed by atoms with E-state index in [0.29, 0.717) is 5.56 Å². The second-order valence-electron chi connectivity index (χ2n) is 4.20. The van der Waals surface area contributed by atoms with E-state index in [1.54, 1.807) is 0 Å². The van der Waals surface area contributed by atoms with Gasteiger partial charge in [0, 0.05) is 6.66 Å². The minimum absolute atomic E-state index is 0.00593. The van der Waals surface area contributed by atoms with Crippen LogP contribution in [0.15, 0.2) is 18.2 Å². The molecule has 20 heavy (non-hydrogen) atoms. The summed E-state index contributed by atoms with van der Waals surface area (Å²) >= 11 is 0. The molecule has 0 saturated heterocycles. The maximum atomic E-state index is 11.0. The molecular formula is C11H16NO7P. The minimum Gasteiger partial charge on any atom is -0.504 e. The number of benzene rings is 1. The summed E-state index contributed by atoms with van der Waals surface area (Å²) in [7, 11) is -3.68. The van der Waals surface area contributed by atoms with Gasteiger partial charge in [-0.15, -0.1) is 0 Å². The topological polar surface area (TPSA) is 136 Å². The number of rotatable bonds is 7. The molecule has 1 aromatic carbocycles. The summed E-state index contributed by atoms with van der Waals surface area (Å²) in [5, 5.41) is 30.0. The van der Waals surface area contributed by atoms with Crippen LogP contribution in [0.5, 0.6) is 11.5 Å². The van der Waals surface area contributed by atoms with Gasteiger partial charge in [0.25, 0.3) is 0 Å². The van der Waals surface area contributed by atoms with Crippen LogP contribution in [0.25, 0.3) is 0 Å². The van der Waals surface area contributed by atoms with Gasteiger partial charge in [0.2, 0.25) is 0 Å². The number of phenolic OH excluding ortho intramolecular Hbond substituents is 2. The van der Waals surface area contributed by atoms with Crippen LogP contribution in [0.1, 0.15) is 5.56 Å². The average Bonchev–Trinajstić information content (AvgIpc) is 2.30. The van der Waals surface area contributed by atoms with E-state index in [0.717, 1.165) is 6.66 Å². The summed E-state index contributed by atoms with van der Waals surface area (Å²) in [6.45, 7) is 0.591. The highest BCUT2D eigenvalue weighted by molar-refractivity contribution is 7.51.